The predicted octanol–water partition coefficient (Wildman–Crippen LogP) is 3.41. The molecule has 0 aromatic carbocycles. The summed E-state index contributed by atoms with van der Waals surface area (Å²) in [5.41, 5.74) is -0.846. The normalized spacial score (nSPS) is 20.5. The van der Waals surface area contributed by atoms with Crippen molar-refractivity contribution in [2.24, 2.45) is 0 Å². The molecule has 1 aliphatic rings. The number of nitrogens with one attached hydrogen (secondary N) is 1. The number of hydrogen-bond acceptors (Lipinski definition) is 3. The van der Waals surface area contributed by atoms with Crippen LogP contribution < -0.4 is 5.32 Å². The molecular weight excluding hydrogens is 249 g/mol. The van der Waals surface area contributed by atoms with Gasteiger partial charge < -0.3 is 5.32 Å². The lowest BCUT2D eigenvalue weighted by atomic mass is 10.2. The summed E-state index contributed by atoms with van der Waals surface area (Å²) in [7, 11) is 0. The van der Waals surface area contributed by atoms with Crippen LogP contribution in [0.4, 0.5) is 19.0 Å². The summed E-state index contributed by atoms with van der Waals surface area (Å²) in [4.78, 5) is 3.56. The molecule has 1 aliphatic heterocycles. The summed E-state index contributed by atoms with van der Waals surface area (Å²) >= 11 is 1.86. The largest absolute Gasteiger partial charge is 0.433 e. The van der Waals surface area contributed by atoms with Crippen LogP contribution in [0, 0.1) is 0 Å². The Kier molecular flexibility index (Phi) is 3.81. The molecule has 0 radical (unpaired) electrons. The van der Waals surface area contributed by atoms with Crippen LogP contribution in [0.25, 0.3) is 0 Å². The van der Waals surface area contributed by atoms with Crippen LogP contribution in [-0.4, -0.2) is 22.5 Å². The van der Waals surface area contributed by atoms with Crippen molar-refractivity contribution in [1.82, 2.24) is 4.98 Å². The first-order valence-electron chi connectivity index (χ1n) is 5.45. The zero-order chi connectivity index (χ0) is 12.3. The van der Waals surface area contributed by atoms with Gasteiger partial charge in [0, 0.05) is 11.8 Å². The Morgan fingerprint density at radius 2 is 2.24 bits per heavy atom. The van der Waals surface area contributed by atoms with Crippen molar-refractivity contribution in [1.29, 1.82) is 0 Å². The Hall–Kier alpha value is -0.910. The highest BCUT2D eigenvalue weighted by Gasteiger charge is 2.32. The first-order valence-corrected chi connectivity index (χ1v) is 6.50. The molecule has 0 bridgehead atoms. The minimum Gasteiger partial charge on any atom is -0.369 e. The lowest BCUT2D eigenvalue weighted by Crippen LogP contribution is -2.16. The third-order valence-corrected chi connectivity index (χ3v) is 3.97. The smallest absolute Gasteiger partial charge is 0.369 e. The van der Waals surface area contributed by atoms with Crippen molar-refractivity contribution in [3.63, 3.8) is 0 Å². The average molecular weight is 262 g/mol. The van der Waals surface area contributed by atoms with E-state index in [2.05, 4.69) is 10.3 Å². The van der Waals surface area contributed by atoms with Crippen LogP contribution in [-0.2, 0) is 6.18 Å². The van der Waals surface area contributed by atoms with E-state index in [0.29, 0.717) is 17.6 Å². The van der Waals surface area contributed by atoms with Gasteiger partial charge in [0.25, 0.3) is 0 Å². The molecule has 1 atom stereocenters. The standard InChI is InChI=1S/C11H13F3N2S/c12-11(13,14)9-4-1-5-10(16-9)15-7-8-3-2-6-17-8/h1,4-5,8H,2-3,6-7H2,(H,15,16). The van der Waals surface area contributed by atoms with E-state index in [1.807, 2.05) is 11.8 Å². The van der Waals surface area contributed by atoms with Crippen LogP contribution in [0.15, 0.2) is 18.2 Å². The molecule has 2 nitrogen and oxygen atoms in total. The highest BCUT2D eigenvalue weighted by atomic mass is 32.2. The average Bonchev–Trinajstić information content (AvgIpc) is 2.78. The quantitative estimate of drug-likeness (QED) is 0.903. The van der Waals surface area contributed by atoms with E-state index >= 15 is 0 Å². The molecule has 0 saturated carbocycles. The molecule has 2 heterocycles. The van der Waals surface area contributed by atoms with Crippen molar-refractivity contribution >= 4 is 17.6 Å². The van der Waals surface area contributed by atoms with Crippen LogP contribution in [0.1, 0.15) is 18.5 Å². The number of rotatable bonds is 3. The number of thioether (sulfide) groups is 1. The number of halogens is 3. The van der Waals surface area contributed by atoms with Crippen molar-refractivity contribution in [2.45, 2.75) is 24.3 Å². The molecule has 1 unspecified atom stereocenters. The third kappa shape index (κ3) is 3.52. The molecular formula is C11H13F3N2S. The zero-order valence-electron chi connectivity index (χ0n) is 9.13. The summed E-state index contributed by atoms with van der Waals surface area (Å²) in [5, 5.41) is 3.46. The number of alkyl halides is 3. The molecule has 1 fully saturated rings. The summed E-state index contributed by atoms with van der Waals surface area (Å²) < 4.78 is 37.2. The van der Waals surface area contributed by atoms with E-state index in [9.17, 15) is 13.2 Å². The first kappa shape index (κ1) is 12.5. The summed E-state index contributed by atoms with van der Waals surface area (Å²) in [6.45, 7) is 0.680. The van der Waals surface area contributed by atoms with Gasteiger partial charge in [0.1, 0.15) is 11.5 Å². The van der Waals surface area contributed by atoms with E-state index in [-0.39, 0.29) is 0 Å². The molecule has 1 N–H and O–H groups in total. The summed E-state index contributed by atoms with van der Waals surface area (Å²) in [5.74, 6) is 1.44. The van der Waals surface area contributed by atoms with Crippen LogP contribution in [0.2, 0.25) is 0 Å². The number of pyridine rings is 1. The maximum atomic E-state index is 12.4. The maximum absolute atomic E-state index is 12.4. The minimum atomic E-state index is -4.38. The van der Waals surface area contributed by atoms with Crippen molar-refractivity contribution < 1.29 is 13.2 Å². The van der Waals surface area contributed by atoms with Gasteiger partial charge >= 0.3 is 6.18 Å². The molecule has 1 aromatic heterocycles. The molecule has 17 heavy (non-hydrogen) atoms. The number of anilines is 1. The Bertz CT molecular complexity index is 375. The SMILES string of the molecule is FC(F)(F)c1cccc(NCC2CCCS2)n1. The number of hydrogen-bond donors (Lipinski definition) is 1. The fourth-order valence-corrected chi connectivity index (χ4v) is 2.92. The van der Waals surface area contributed by atoms with E-state index in [1.54, 1.807) is 6.07 Å². The van der Waals surface area contributed by atoms with Crippen LogP contribution in [0.3, 0.4) is 0 Å². The molecule has 0 spiro atoms. The highest BCUT2D eigenvalue weighted by Crippen LogP contribution is 2.29. The number of aromatic nitrogens is 1. The molecule has 1 aromatic rings. The van der Waals surface area contributed by atoms with Crippen molar-refractivity contribution in [2.75, 3.05) is 17.6 Å². The van der Waals surface area contributed by atoms with Gasteiger partial charge in [0.05, 0.1) is 0 Å². The Morgan fingerprint density at radius 3 is 2.88 bits per heavy atom. The third-order valence-electron chi connectivity index (χ3n) is 2.57. The fraction of sp³-hybridized carbons (Fsp3) is 0.545. The number of nitrogens with zero attached hydrogens (tertiary/aromatic N) is 1. The minimum absolute atomic E-state index is 0.298. The van der Waals surface area contributed by atoms with Crippen molar-refractivity contribution in [3.05, 3.63) is 23.9 Å². The lowest BCUT2D eigenvalue weighted by Gasteiger charge is -2.12. The van der Waals surface area contributed by atoms with Gasteiger partial charge in [0.15, 0.2) is 0 Å². The second-order valence-corrected chi connectivity index (χ2v) is 5.33. The van der Waals surface area contributed by atoms with Crippen LogP contribution >= 0.6 is 11.8 Å². The van der Waals surface area contributed by atoms with Gasteiger partial charge in [0.2, 0.25) is 0 Å². The topological polar surface area (TPSA) is 24.9 Å². The Labute approximate surface area is 102 Å². The second-order valence-electron chi connectivity index (χ2n) is 3.92. The monoisotopic (exact) mass is 262 g/mol. The van der Waals surface area contributed by atoms with Gasteiger partial charge in [-0.25, -0.2) is 4.98 Å². The van der Waals surface area contributed by atoms with Gasteiger partial charge in [-0.15, -0.1) is 0 Å². The van der Waals surface area contributed by atoms with E-state index in [4.69, 9.17) is 0 Å². The zero-order valence-corrected chi connectivity index (χ0v) is 9.94. The van der Waals surface area contributed by atoms with E-state index in [1.165, 1.54) is 12.5 Å². The second kappa shape index (κ2) is 5.16. The first-order chi connectivity index (χ1) is 8.05. The van der Waals surface area contributed by atoms with E-state index in [0.717, 1.165) is 18.2 Å². The van der Waals surface area contributed by atoms with Crippen molar-refractivity contribution in [3.8, 4) is 0 Å². The van der Waals surface area contributed by atoms with Gasteiger partial charge in [-0.3, -0.25) is 0 Å². The molecule has 94 valence electrons. The maximum Gasteiger partial charge on any atom is 0.433 e. The van der Waals surface area contributed by atoms with Gasteiger partial charge in [-0.1, -0.05) is 6.07 Å². The molecule has 0 aliphatic carbocycles. The van der Waals surface area contributed by atoms with Gasteiger partial charge in [-0.2, -0.15) is 24.9 Å². The fourth-order valence-electron chi connectivity index (χ4n) is 1.71. The van der Waals surface area contributed by atoms with Crippen LogP contribution in [0.5, 0.6) is 0 Å². The molecule has 0 amide bonds. The van der Waals surface area contributed by atoms with E-state index < -0.39 is 11.9 Å². The lowest BCUT2D eigenvalue weighted by molar-refractivity contribution is -0.141. The molecule has 6 heteroatoms. The molecule has 2 rings (SSSR count). The highest BCUT2D eigenvalue weighted by molar-refractivity contribution is 8.00. The summed E-state index contributed by atoms with van der Waals surface area (Å²) in [6.07, 6.45) is -2.07. The summed E-state index contributed by atoms with van der Waals surface area (Å²) in [6, 6.07) is 3.92. The predicted molar refractivity (Wildman–Crippen MR) is 63.2 cm³/mol. The Morgan fingerprint density at radius 1 is 1.41 bits per heavy atom. The Balaban J connectivity index is 1.96. The van der Waals surface area contributed by atoms with Gasteiger partial charge in [-0.05, 0) is 30.7 Å². The molecule has 1 saturated heterocycles.